The molecule has 2 nitrogen and oxygen atoms in total. The lowest BCUT2D eigenvalue weighted by Crippen LogP contribution is -3.00. The zero-order valence-corrected chi connectivity index (χ0v) is 24.2. The van der Waals surface area contributed by atoms with Crippen LogP contribution in [0, 0.1) is 13.8 Å². The van der Waals surface area contributed by atoms with Gasteiger partial charge < -0.3 is 24.8 Å². The number of hydrogen-bond acceptors (Lipinski definition) is 2. The molecule has 0 amide bonds. The molecule has 5 rings (SSSR count). The topological polar surface area (TPSA) is 7.76 Å². The number of nitrogens with zero attached hydrogens (tertiary/aromatic N) is 2. The molecule has 1 aliphatic carbocycles. The first-order chi connectivity index (χ1) is 17.3. The summed E-state index contributed by atoms with van der Waals surface area (Å²) in [5.41, 5.74) is -1.85. The predicted molar refractivity (Wildman–Crippen MR) is 133 cm³/mol. The summed E-state index contributed by atoms with van der Waals surface area (Å²) >= 11 is 2.20. The van der Waals surface area contributed by atoms with Crippen molar-refractivity contribution in [2.75, 3.05) is 0 Å². The molecular formula is C27H22Cl2F6N2S2. The van der Waals surface area contributed by atoms with Crippen LogP contribution in [0.25, 0.3) is 32.0 Å². The van der Waals surface area contributed by atoms with E-state index < -0.39 is 28.9 Å². The van der Waals surface area contributed by atoms with Gasteiger partial charge in [0.2, 0.25) is 0 Å². The van der Waals surface area contributed by atoms with Crippen molar-refractivity contribution < 1.29 is 60.3 Å². The fourth-order valence-electron chi connectivity index (χ4n) is 4.51. The third kappa shape index (κ3) is 4.79. The van der Waals surface area contributed by atoms with E-state index in [0.717, 1.165) is 22.7 Å². The largest absolute Gasteiger partial charge is 1.00 e. The van der Waals surface area contributed by atoms with Gasteiger partial charge in [0.25, 0.3) is 0 Å². The van der Waals surface area contributed by atoms with Crippen LogP contribution < -0.4 is 33.9 Å². The van der Waals surface area contributed by atoms with Crippen LogP contribution in [-0.4, -0.2) is 17.8 Å². The number of halogens is 8. The van der Waals surface area contributed by atoms with E-state index in [2.05, 4.69) is 0 Å². The molecule has 4 aromatic heterocycles. The van der Waals surface area contributed by atoms with E-state index in [1.54, 1.807) is 58.2 Å². The molecule has 4 heterocycles. The second-order valence-electron chi connectivity index (χ2n) is 9.14. The first kappa shape index (κ1) is 31.1. The van der Waals surface area contributed by atoms with Crippen LogP contribution in [0.5, 0.6) is 0 Å². The van der Waals surface area contributed by atoms with Gasteiger partial charge >= 0.3 is 17.8 Å². The minimum Gasteiger partial charge on any atom is -1.00 e. The molecule has 0 N–H and O–H groups in total. The third-order valence-corrected chi connectivity index (χ3v) is 8.77. The molecule has 0 atom stereocenters. The summed E-state index contributed by atoms with van der Waals surface area (Å²) in [6.07, 6.45) is 7.00. The van der Waals surface area contributed by atoms with E-state index in [9.17, 15) is 8.78 Å². The molecule has 208 valence electrons. The van der Waals surface area contributed by atoms with Gasteiger partial charge in [-0.25, -0.2) is 9.13 Å². The molecule has 0 radical (unpaired) electrons. The van der Waals surface area contributed by atoms with Gasteiger partial charge in [0, 0.05) is 66.0 Å². The van der Waals surface area contributed by atoms with E-state index >= 15 is 17.6 Å². The van der Waals surface area contributed by atoms with E-state index in [1.165, 1.54) is 26.0 Å². The van der Waals surface area contributed by atoms with Crippen molar-refractivity contribution in [2.45, 2.75) is 31.6 Å². The summed E-state index contributed by atoms with van der Waals surface area (Å²) in [6, 6.07) is 9.61. The zero-order chi connectivity index (χ0) is 26.9. The number of alkyl halides is 6. The van der Waals surface area contributed by atoms with Gasteiger partial charge in [0.15, 0.2) is 24.8 Å². The lowest BCUT2D eigenvalue weighted by atomic mass is 9.94. The van der Waals surface area contributed by atoms with Crippen molar-refractivity contribution in [2.24, 2.45) is 14.1 Å². The lowest BCUT2D eigenvalue weighted by Gasteiger charge is -2.25. The maximum atomic E-state index is 15.4. The first-order valence-corrected chi connectivity index (χ1v) is 12.9. The van der Waals surface area contributed by atoms with E-state index in [1.807, 2.05) is 14.1 Å². The van der Waals surface area contributed by atoms with Crippen molar-refractivity contribution in [1.29, 1.82) is 0 Å². The van der Waals surface area contributed by atoms with Crippen molar-refractivity contribution in [1.82, 2.24) is 0 Å². The molecular weight excluding hydrogens is 601 g/mol. The number of thiophene rings is 2. The number of rotatable bonds is 4. The highest BCUT2D eigenvalue weighted by molar-refractivity contribution is 7.16. The average Bonchev–Trinajstić information content (AvgIpc) is 3.42. The second-order valence-corrected chi connectivity index (χ2v) is 11.7. The van der Waals surface area contributed by atoms with Crippen LogP contribution in [0.4, 0.5) is 26.3 Å². The Morgan fingerprint density at radius 3 is 1.21 bits per heavy atom. The summed E-state index contributed by atoms with van der Waals surface area (Å²) in [4.78, 5) is 1.56. The fraction of sp³-hybridized carbons (Fsp3) is 0.259. The zero-order valence-electron chi connectivity index (χ0n) is 21.0. The fourth-order valence-corrected chi connectivity index (χ4v) is 6.57. The Hall–Kier alpha value is -2.40. The highest BCUT2D eigenvalue weighted by Crippen LogP contribution is 2.66. The molecule has 1 aliphatic rings. The van der Waals surface area contributed by atoms with Crippen molar-refractivity contribution in [3.8, 4) is 20.9 Å². The minimum absolute atomic E-state index is 0. The highest BCUT2D eigenvalue weighted by atomic mass is 35.5. The number of aromatic nitrogens is 2. The number of allylic oxidation sites excluding steroid dienone is 2. The summed E-state index contributed by atoms with van der Waals surface area (Å²) < 4.78 is 94.7. The Bertz CT molecular complexity index is 1430. The second kappa shape index (κ2) is 10.5. The van der Waals surface area contributed by atoms with Crippen LogP contribution in [0.2, 0.25) is 0 Å². The van der Waals surface area contributed by atoms with Crippen LogP contribution in [0.1, 0.15) is 20.9 Å². The molecule has 0 saturated heterocycles. The van der Waals surface area contributed by atoms with Crippen LogP contribution >= 0.6 is 22.7 Å². The molecule has 0 fully saturated rings. The van der Waals surface area contributed by atoms with E-state index in [-0.39, 0.29) is 45.7 Å². The van der Waals surface area contributed by atoms with Gasteiger partial charge in [-0.3, -0.25) is 0 Å². The molecule has 39 heavy (non-hydrogen) atoms. The quantitative estimate of drug-likeness (QED) is 0.239. The molecule has 0 bridgehead atoms. The molecule has 4 aromatic rings. The monoisotopic (exact) mass is 622 g/mol. The lowest BCUT2D eigenvalue weighted by molar-refractivity contribution is -0.671. The Labute approximate surface area is 242 Å². The summed E-state index contributed by atoms with van der Waals surface area (Å²) in [5.74, 6) is -15.7. The first-order valence-electron chi connectivity index (χ1n) is 11.3. The minimum atomic E-state index is -5.59. The van der Waals surface area contributed by atoms with Gasteiger partial charge in [-0.05, 0) is 37.1 Å². The Balaban J connectivity index is 0.00000210. The Kier molecular flexibility index (Phi) is 8.41. The number of hydrogen-bond donors (Lipinski definition) is 0. The van der Waals surface area contributed by atoms with E-state index in [0.29, 0.717) is 20.9 Å². The molecule has 0 spiro atoms. The SMILES string of the molecule is Cc1sc(-c2cc[n+](C)cc2)cc1C1=C(c2cc(-c3cc[n+](C)cc3)sc2C)C(F)(F)C(F)(F)C1(F)F.[Cl-].[Cl-]. The van der Waals surface area contributed by atoms with Crippen molar-refractivity contribution >= 4 is 33.8 Å². The maximum absolute atomic E-state index is 15.4. The molecule has 12 heteroatoms. The highest BCUT2D eigenvalue weighted by Gasteiger charge is 2.80. The standard InChI is InChI=1S/C27H22F6N2S2.2ClH/c1-15-19(13-21(36-15)17-5-9-34(3)10-6-17)23-24(26(30,31)27(32,33)25(23,28)29)20-14-22(37-16(20)2)18-7-11-35(4)12-8-18;;/h5-14H,1-4H3;2*1H/q+2;;/p-2. The molecule has 0 aliphatic heterocycles. The Morgan fingerprint density at radius 2 is 0.897 bits per heavy atom. The van der Waals surface area contributed by atoms with Crippen molar-refractivity contribution in [3.63, 3.8) is 0 Å². The summed E-state index contributed by atoms with van der Waals surface area (Å²) in [5, 5.41) is 0. The van der Waals surface area contributed by atoms with Crippen LogP contribution in [0.15, 0.2) is 61.2 Å². The van der Waals surface area contributed by atoms with Crippen molar-refractivity contribution in [3.05, 3.63) is 82.1 Å². The normalized spacial score (nSPS) is 17.1. The van der Waals surface area contributed by atoms with Gasteiger partial charge in [-0.2, -0.15) is 26.3 Å². The molecule has 0 saturated carbocycles. The maximum Gasteiger partial charge on any atom is 0.380 e. The smallest absolute Gasteiger partial charge is 0.380 e. The molecule has 0 aromatic carbocycles. The predicted octanol–water partition coefficient (Wildman–Crippen LogP) is 1.25. The van der Waals surface area contributed by atoms with Gasteiger partial charge in [0.1, 0.15) is 14.1 Å². The molecule has 0 unspecified atom stereocenters. The Morgan fingerprint density at radius 1 is 0.590 bits per heavy atom. The van der Waals surface area contributed by atoms with E-state index in [4.69, 9.17) is 0 Å². The van der Waals surface area contributed by atoms with Gasteiger partial charge in [0.05, 0.1) is 0 Å². The third-order valence-electron chi connectivity index (χ3n) is 6.57. The number of pyridine rings is 2. The number of aryl methyl sites for hydroxylation is 4. The van der Waals surface area contributed by atoms with Gasteiger partial charge in [-0.1, -0.05) is 0 Å². The summed E-state index contributed by atoms with van der Waals surface area (Å²) in [6.45, 7) is 2.97. The van der Waals surface area contributed by atoms with Crippen LogP contribution in [-0.2, 0) is 14.1 Å². The summed E-state index contributed by atoms with van der Waals surface area (Å²) in [7, 11) is 3.62. The average molecular weight is 624 g/mol. The van der Waals surface area contributed by atoms with Gasteiger partial charge in [-0.15, -0.1) is 22.7 Å². The van der Waals surface area contributed by atoms with Crippen LogP contribution in [0.3, 0.4) is 0 Å².